The molecule has 7 rings (SSSR count). The number of H-pyrrole nitrogens is 1. The monoisotopic (exact) mass is 913 g/mol. The van der Waals surface area contributed by atoms with Crippen molar-refractivity contribution in [2.75, 3.05) is 37.8 Å². The predicted molar refractivity (Wildman–Crippen MR) is 219 cm³/mol. The molecule has 0 amide bonds. The van der Waals surface area contributed by atoms with E-state index in [1.165, 1.54) is 31.7 Å². The van der Waals surface area contributed by atoms with Crippen LogP contribution < -0.4 is 33.5 Å². The normalized spacial score (nSPS) is 28.6. The van der Waals surface area contributed by atoms with Gasteiger partial charge in [-0.05, 0) is 44.1 Å². The summed E-state index contributed by atoms with van der Waals surface area (Å²) in [5, 5.41) is 24.1. The Labute approximate surface area is 352 Å². The first-order valence-corrected chi connectivity index (χ1v) is 23.7. The van der Waals surface area contributed by atoms with Gasteiger partial charge in [-0.3, -0.25) is 28.0 Å². The summed E-state index contributed by atoms with van der Waals surface area (Å²) in [6.07, 6.45) is 0.455. The maximum Gasteiger partial charge on any atom is 0.405 e. The van der Waals surface area contributed by atoms with Crippen LogP contribution in [0.5, 0.6) is 0 Å². The maximum absolute atomic E-state index is 14.6. The number of imidazole rings is 1. The van der Waals surface area contributed by atoms with Gasteiger partial charge in [-0.1, -0.05) is 13.3 Å². The number of nitrogens with two attached hydrogens (primary N) is 2. The number of unbranched alkanes of at least 4 members (excludes halogenated alkanes) is 1. The largest absolute Gasteiger partial charge is 0.405 e. The average molecular weight is 914 g/mol. The van der Waals surface area contributed by atoms with Gasteiger partial charge in [0, 0.05) is 49.3 Å². The highest BCUT2D eigenvalue weighted by atomic mass is 32.5. The number of hydrogen-bond donors (Lipinski definition) is 7. The Morgan fingerprint density at radius 2 is 1.74 bits per heavy atom. The zero-order chi connectivity index (χ0) is 43.6. The number of anilines is 2. The number of rotatable bonds is 18. The molecule has 1 saturated carbocycles. The Morgan fingerprint density at radius 3 is 2.48 bits per heavy atom. The minimum absolute atomic E-state index is 0.00739. The molecule has 3 aliphatic rings. The number of aliphatic hydroxyl groups is 2. The summed E-state index contributed by atoms with van der Waals surface area (Å²) in [6.45, 7) is -1.70. The molecule has 6 heterocycles. The van der Waals surface area contributed by atoms with Crippen molar-refractivity contribution in [2.45, 2.75) is 101 Å². The highest BCUT2D eigenvalue weighted by Gasteiger charge is 2.46. The van der Waals surface area contributed by atoms with Crippen LogP contribution in [0.25, 0.3) is 11.2 Å². The van der Waals surface area contributed by atoms with Crippen molar-refractivity contribution in [3.05, 3.63) is 68.0 Å². The molecule has 24 nitrogen and oxygen atoms in total. The maximum atomic E-state index is 14.6. The van der Waals surface area contributed by atoms with E-state index in [1.807, 2.05) is 11.5 Å². The Kier molecular flexibility index (Phi) is 14.0. The molecule has 0 bridgehead atoms. The molecule has 0 radical (unpaired) electrons. The SMILES string of the molecule is CCCCNP(=O)(OC[C@H]1C[C@@H](n2cnc3c(N)ncnc32)C[C@H]1O)O[C@@H]1C[C@H](n2cc(C)c(=O)[nH]c2=O)O[C@@H]1COP(O)(=S)O[C@@H]1C[C@H](n2ccc(N)nc2=O)O[C@@H]1CO. The van der Waals surface area contributed by atoms with Crippen LogP contribution in [0, 0.1) is 12.8 Å². The van der Waals surface area contributed by atoms with Gasteiger partial charge in [0.15, 0.2) is 11.5 Å². The summed E-state index contributed by atoms with van der Waals surface area (Å²) in [7, 11) is -4.23. The van der Waals surface area contributed by atoms with Crippen LogP contribution in [0.1, 0.15) is 69.5 Å². The van der Waals surface area contributed by atoms with E-state index >= 15 is 0 Å². The molecule has 4 aromatic heterocycles. The number of nitrogens with one attached hydrogen (secondary N) is 2. The van der Waals surface area contributed by atoms with E-state index in [0.717, 1.165) is 15.6 Å². The molecular weight excluding hydrogens is 864 g/mol. The number of hydrogen-bond acceptors (Lipinski definition) is 19. The first-order chi connectivity index (χ1) is 29.1. The first-order valence-electron chi connectivity index (χ1n) is 19.6. The van der Waals surface area contributed by atoms with Crippen LogP contribution in [0.15, 0.2) is 45.5 Å². The molecular formula is C34H49N11O13P2S. The van der Waals surface area contributed by atoms with Crippen LogP contribution in [-0.4, -0.2) is 111 Å². The lowest BCUT2D eigenvalue weighted by molar-refractivity contribution is -0.0524. The molecule has 27 heteroatoms. The van der Waals surface area contributed by atoms with Crippen LogP contribution in [0.2, 0.25) is 0 Å². The molecule has 4 aromatic rings. The third-order valence-corrected chi connectivity index (χ3v) is 14.0. The zero-order valence-corrected chi connectivity index (χ0v) is 35.8. The molecule has 61 heavy (non-hydrogen) atoms. The van der Waals surface area contributed by atoms with E-state index < -0.39 is 93.5 Å². The fourth-order valence-electron chi connectivity index (χ4n) is 7.59. The Morgan fingerprint density at radius 1 is 1.00 bits per heavy atom. The second-order valence-electron chi connectivity index (χ2n) is 15.1. The standard InChI is InChI=1S/C34H49N11O13P2S/c1-3-4-6-40-59(51,53-14-19-8-20(9-21(19)47)45-17-39-29-30(36)37-16-38-31(29)45)57-23-11-28(44-12-18(2)32(48)42-34(44)50)56-25(23)15-54-60(52,61)58-22-10-27(55-24(22)13-46)43-7-5-26(35)41-33(43)49/h5,7,12,16-17,19-25,27-28,46-47H,3-4,6,8-11,13-15H2,1-2H3,(H,40,51)(H,52,61)(H2,35,41,49)(H2,36,37,38)(H,42,48,50)/t19-,20-,21-,22-,23-,24-,25-,27-,28-,59?,60?/m1/s1. The van der Waals surface area contributed by atoms with Gasteiger partial charge in [-0.15, -0.1) is 0 Å². The van der Waals surface area contributed by atoms with E-state index in [9.17, 15) is 34.1 Å². The van der Waals surface area contributed by atoms with Gasteiger partial charge in [0.25, 0.3) is 5.56 Å². The Bertz CT molecular complexity index is 2470. The van der Waals surface area contributed by atoms with Crippen molar-refractivity contribution in [3.8, 4) is 0 Å². The van der Waals surface area contributed by atoms with Gasteiger partial charge < -0.3 is 49.7 Å². The average Bonchev–Trinajstić information content (AvgIpc) is 4.00. The van der Waals surface area contributed by atoms with Gasteiger partial charge in [-0.2, -0.15) is 4.98 Å². The first kappa shape index (κ1) is 45.2. The van der Waals surface area contributed by atoms with E-state index in [1.54, 1.807) is 6.33 Å². The molecule has 1 aliphatic carbocycles. The summed E-state index contributed by atoms with van der Waals surface area (Å²) in [4.78, 5) is 67.4. The van der Waals surface area contributed by atoms with Crippen LogP contribution >= 0.6 is 14.5 Å². The topological polar surface area (TPSA) is 331 Å². The lowest BCUT2D eigenvalue weighted by atomic mass is 10.1. The Hall–Kier alpha value is -3.81. The summed E-state index contributed by atoms with van der Waals surface area (Å²) in [6, 6.07) is 1.17. The number of ether oxygens (including phenoxy) is 2. The fourth-order valence-corrected chi connectivity index (χ4v) is 10.7. The van der Waals surface area contributed by atoms with Gasteiger partial charge >= 0.3 is 25.8 Å². The summed E-state index contributed by atoms with van der Waals surface area (Å²) in [5.74, 6) is -0.241. The number of fused-ring (bicyclic) bond motifs is 1. The van der Waals surface area contributed by atoms with Crippen molar-refractivity contribution in [1.29, 1.82) is 0 Å². The van der Waals surface area contributed by atoms with Crippen molar-refractivity contribution >= 4 is 49.1 Å². The number of nitrogen functional groups attached to an aromatic ring is 2. The highest BCUT2D eigenvalue weighted by Crippen LogP contribution is 2.52. The third-order valence-electron chi connectivity index (χ3n) is 10.8. The molecule has 334 valence electrons. The number of aryl methyl sites for hydroxylation is 1. The van der Waals surface area contributed by atoms with Crippen molar-refractivity contribution in [3.63, 3.8) is 0 Å². The van der Waals surface area contributed by atoms with Gasteiger partial charge in [0.05, 0.1) is 38.4 Å². The smallest absolute Gasteiger partial charge is 0.394 e. The molecule has 2 saturated heterocycles. The van der Waals surface area contributed by atoms with Crippen LogP contribution in [0.3, 0.4) is 0 Å². The van der Waals surface area contributed by atoms with Crippen molar-refractivity contribution in [2.24, 2.45) is 5.92 Å². The molecule has 0 spiro atoms. The quantitative estimate of drug-likeness (QED) is 0.0528. The van der Waals surface area contributed by atoms with E-state index in [2.05, 4.69) is 30.0 Å². The predicted octanol–water partition coefficient (Wildman–Crippen LogP) is 0.504. The third kappa shape index (κ3) is 10.4. The summed E-state index contributed by atoms with van der Waals surface area (Å²) >= 11 is 5.36. The lowest BCUT2D eigenvalue weighted by Crippen LogP contribution is -2.33. The van der Waals surface area contributed by atoms with E-state index in [0.29, 0.717) is 30.4 Å². The number of aromatic nitrogens is 8. The minimum atomic E-state index is -4.23. The highest BCUT2D eigenvalue weighted by molar-refractivity contribution is 8.07. The van der Waals surface area contributed by atoms with E-state index in [4.69, 9.17) is 50.8 Å². The molecule has 2 aliphatic heterocycles. The molecule has 3 fully saturated rings. The number of aliphatic hydroxyl groups excluding tert-OH is 2. The van der Waals surface area contributed by atoms with Gasteiger partial charge in [-0.25, -0.2) is 34.2 Å². The van der Waals surface area contributed by atoms with Gasteiger partial charge in [0.2, 0.25) is 0 Å². The minimum Gasteiger partial charge on any atom is -0.394 e. The second kappa shape index (κ2) is 18.9. The molecule has 2 unspecified atom stereocenters. The van der Waals surface area contributed by atoms with E-state index in [-0.39, 0.29) is 49.2 Å². The number of aromatic amines is 1. The summed E-state index contributed by atoms with van der Waals surface area (Å²) < 4.78 is 54.6. The molecule has 11 atom stereocenters. The lowest BCUT2D eigenvalue weighted by Gasteiger charge is -2.28. The number of nitrogens with zero attached hydrogens (tertiary/aromatic N) is 7. The molecule has 9 N–H and O–H groups in total. The molecule has 0 aromatic carbocycles. The second-order valence-corrected chi connectivity index (χ2v) is 19.6. The fraction of sp³-hybridized carbons (Fsp3) is 0.618. The Balaban J connectivity index is 1.07. The van der Waals surface area contributed by atoms with Crippen molar-refractivity contribution in [1.82, 2.24) is 43.7 Å². The summed E-state index contributed by atoms with van der Waals surface area (Å²) in [5.41, 5.74) is 10.7. The zero-order valence-electron chi connectivity index (χ0n) is 33.2. The van der Waals surface area contributed by atoms with Crippen molar-refractivity contribution < 1.29 is 47.2 Å². The van der Waals surface area contributed by atoms with Crippen LogP contribution in [0.4, 0.5) is 11.6 Å². The van der Waals surface area contributed by atoms with Crippen LogP contribution in [-0.2, 0) is 43.9 Å². The van der Waals surface area contributed by atoms with Gasteiger partial charge in [0.1, 0.15) is 48.4 Å².